The number of carbonyl (C=O) groups excluding carboxylic acids is 1. The topological polar surface area (TPSA) is 42.1 Å². The maximum atomic E-state index is 11.4. The van der Waals surface area contributed by atoms with Crippen LogP contribution in [0.2, 0.25) is 5.02 Å². The molecule has 0 aliphatic carbocycles. The first-order chi connectivity index (χ1) is 7.54. The van der Waals surface area contributed by atoms with Crippen molar-refractivity contribution in [3.05, 3.63) is 34.0 Å². The van der Waals surface area contributed by atoms with Crippen molar-refractivity contribution >= 4 is 28.5 Å². The lowest BCUT2D eigenvalue weighted by atomic mass is 10.1. The molecule has 2 rings (SSSR count). The van der Waals surface area contributed by atoms with Crippen molar-refractivity contribution in [2.75, 3.05) is 7.11 Å². The van der Waals surface area contributed by atoms with Crippen LogP contribution in [0.1, 0.15) is 21.6 Å². The van der Waals surface area contributed by atoms with Crippen LogP contribution in [0.25, 0.3) is 10.9 Å². The Bertz CT molecular complexity index is 572. The molecule has 0 bridgehead atoms. The zero-order valence-corrected chi connectivity index (χ0v) is 10.1. The maximum absolute atomic E-state index is 11.4. The van der Waals surface area contributed by atoms with E-state index in [0.29, 0.717) is 10.6 Å². The van der Waals surface area contributed by atoms with Crippen LogP contribution in [-0.2, 0) is 4.74 Å². The molecule has 0 radical (unpaired) electrons. The van der Waals surface area contributed by atoms with Crippen LogP contribution in [0.3, 0.4) is 0 Å². The van der Waals surface area contributed by atoms with E-state index in [1.807, 2.05) is 13.8 Å². The molecule has 0 spiro atoms. The molecule has 4 heteroatoms. The number of methoxy groups -OCH3 is 1. The van der Waals surface area contributed by atoms with Crippen molar-refractivity contribution in [3.63, 3.8) is 0 Å². The van der Waals surface area contributed by atoms with Gasteiger partial charge in [0.05, 0.1) is 23.2 Å². The minimum Gasteiger partial charge on any atom is -0.465 e. The lowest BCUT2D eigenvalue weighted by molar-refractivity contribution is 0.0601. The van der Waals surface area contributed by atoms with Gasteiger partial charge in [-0.1, -0.05) is 11.6 Å². The number of ether oxygens (including phenoxy) is 1. The Morgan fingerprint density at radius 2 is 2.06 bits per heavy atom. The van der Waals surface area contributed by atoms with Crippen LogP contribution < -0.4 is 0 Å². The number of H-pyrrole nitrogens is 1. The highest BCUT2D eigenvalue weighted by Gasteiger charge is 2.13. The average Bonchev–Trinajstić information content (AvgIpc) is 2.56. The van der Waals surface area contributed by atoms with Crippen LogP contribution in [-0.4, -0.2) is 18.1 Å². The smallest absolute Gasteiger partial charge is 0.337 e. The van der Waals surface area contributed by atoms with Crippen molar-refractivity contribution in [1.82, 2.24) is 4.98 Å². The van der Waals surface area contributed by atoms with Crippen LogP contribution >= 0.6 is 11.6 Å². The van der Waals surface area contributed by atoms with E-state index in [4.69, 9.17) is 11.6 Å². The summed E-state index contributed by atoms with van der Waals surface area (Å²) in [6, 6.07) is 3.41. The van der Waals surface area contributed by atoms with Crippen molar-refractivity contribution in [3.8, 4) is 0 Å². The quantitative estimate of drug-likeness (QED) is 0.774. The molecule has 0 atom stereocenters. The van der Waals surface area contributed by atoms with Crippen LogP contribution in [0, 0.1) is 13.8 Å². The van der Waals surface area contributed by atoms with Crippen molar-refractivity contribution in [2.24, 2.45) is 0 Å². The Morgan fingerprint density at radius 3 is 2.69 bits per heavy atom. The Morgan fingerprint density at radius 1 is 1.38 bits per heavy atom. The van der Waals surface area contributed by atoms with Gasteiger partial charge in [0.2, 0.25) is 0 Å². The summed E-state index contributed by atoms with van der Waals surface area (Å²) >= 11 is 6.11. The molecule has 0 aliphatic heterocycles. The fourth-order valence-electron chi connectivity index (χ4n) is 1.75. The number of fused-ring (bicyclic) bond motifs is 1. The largest absolute Gasteiger partial charge is 0.465 e. The summed E-state index contributed by atoms with van der Waals surface area (Å²) < 4.78 is 4.68. The molecule has 1 aromatic heterocycles. The Hall–Kier alpha value is -1.48. The maximum Gasteiger partial charge on any atom is 0.337 e. The minimum absolute atomic E-state index is 0.373. The van der Waals surface area contributed by atoms with Gasteiger partial charge in [-0.3, -0.25) is 0 Å². The molecule has 3 nitrogen and oxygen atoms in total. The predicted octanol–water partition coefficient (Wildman–Crippen LogP) is 3.22. The molecule has 16 heavy (non-hydrogen) atoms. The zero-order chi connectivity index (χ0) is 11.9. The van der Waals surface area contributed by atoms with E-state index >= 15 is 0 Å². The molecule has 1 N–H and O–H groups in total. The van der Waals surface area contributed by atoms with Gasteiger partial charge in [0.15, 0.2) is 0 Å². The molecule has 0 fully saturated rings. The summed E-state index contributed by atoms with van der Waals surface area (Å²) in [6.45, 7) is 3.97. The van der Waals surface area contributed by atoms with Gasteiger partial charge in [-0.2, -0.15) is 0 Å². The normalized spacial score (nSPS) is 10.8. The Labute approximate surface area is 98.4 Å². The van der Waals surface area contributed by atoms with E-state index < -0.39 is 0 Å². The number of halogens is 1. The van der Waals surface area contributed by atoms with E-state index in [1.54, 1.807) is 12.1 Å². The summed E-state index contributed by atoms with van der Waals surface area (Å²) in [5.74, 6) is -0.373. The van der Waals surface area contributed by atoms with Gasteiger partial charge in [0.1, 0.15) is 0 Å². The number of hydrogen-bond donors (Lipinski definition) is 1. The third-order valence-electron chi connectivity index (χ3n) is 2.79. The van der Waals surface area contributed by atoms with E-state index in [1.165, 1.54) is 7.11 Å². The minimum atomic E-state index is -0.373. The Balaban J connectivity index is 2.75. The van der Waals surface area contributed by atoms with Crippen molar-refractivity contribution in [2.45, 2.75) is 13.8 Å². The first-order valence-corrected chi connectivity index (χ1v) is 5.29. The van der Waals surface area contributed by atoms with Gasteiger partial charge >= 0.3 is 5.97 Å². The molecule has 0 unspecified atom stereocenters. The highest BCUT2D eigenvalue weighted by atomic mass is 35.5. The van der Waals surface area contributed by atoms with Gasteiger partial charge in [0.25, 0.3) is 0 Å². The molecule has 0 aliphatic rings. The van der Waals surface area contributed by atoms with E-state index in [-0.39, 0.29) is 5.97 Å². The molecule has 84 valence electrons. The van der Waals surface area contributed by atoms with Gasteiger partial charge in [-0.25, -0.2) is 4.79 Å². The number of aryl methyl sites for hydroxylation is 2. The molecule has 2 aromatic rings. The van der Waals surface area contributed by atoms with Gasteiger partial charge in [-0.15, -0.1) is 0 Å². The van der Waals surface area contributed by atoms with E-state index in [2.05, 4.69) is 9.72 Å². The van der Waals surface area contributed by atoms with E-state index in [9.17, 15) is 4.79 Å². The summed E-state index contributed by atoms with van der Waals surface area (Å²) in [7, 11) is 1.36. The molecule has 0 saturated heterocycles. The van der Waals surface area contributed by atoms with E-state index in [0.717, 1.165) is 22.2 Å². The average molecular weight is 238 g/mol. The van der Waals surface area contributed by atoms with Crippen molar-refractivity contribution < 1.29 is 9.53 Å². The van der Waals surface area contributed by atoms with Gasteiger partial charge in [-0.05, 0) is 31.5 Å². The number of aromatic amines is 1. The number of nitrogens with one attached hydrogen (secondary N) is 1. The highest BCUT2D eigenvalue weighted by molar-refractivity contribution is 6.35. The second kappa shape index (κ2) is 3.83. The van der Waals surface area contributed by atoms with Crippen LogP contribution in [0.15, 0.2) is 12.1 Å². The Kier molecular flexibility index (Phi) is 2.64. The van der Waals surface area contributed by atoms with Crippen LogP contribution in [0.5, 0.6) is 0 Å². The fourth-order valence-corrected chi connectivity index (χ4v) is 2.02. The number of benzene rings is 1. The number of hydrogen-bond acceptors (Lipinski definition) is 2. The first-order valence-electron chi connectivity index (χ1n) is 4.91. The molecular formula is C12H12ClNO2. The zero-order valence-electron chi connectivity index (χ0n) is 9.35. The first kappa shape index (κ1) is 11.0. The standard InChI is InChI=1S/C12H12ClNO2/c1-6-7(2)14-11-9(6)4-8(5-10(11)13)12(15)16-3/h4-5,14H,1-3H3. The van der Waals surface area contributed by atoms with Gasteiger partial charge in [0, 0.05) is 11.1 Å². The SMILES string of the molecule is COC(=O)c1cc(Cl)c2[nH]c(C)c(C)c2c1. The highest BCUT2D eigenvalue weighted by Crippen LogP contribution is 2.29. The second-order valence-corrected chi connectivity index (χ2v) is 4.15. The number of aromatic nitrogens is 1. The lowest BCUT2D eigenvalue weighted by Crippen LogP contribution is -2.00. The summed E-state index contributed by atoms with van der Waals surface area (Å²) in [5.41, 5.74) is 3.49. The third-order valence-corrected chi connectivity index (χ3v) is 3.09. The summed E-state index contributed by atoms with van der Waals surface area (Å²) in [6.07, 6.45) is 0. The molecule has 0 saturated carbocycles. The summed E-state index contributed by atoms with van der Waals surface area (Å²) in [4.78, 5) is 14.6. The molecule has 0 amide bonds. The molecule has 1 aromatic carbocycles. The monoisotopic (exact) mass is 237 g/mol. The number of carbonyl (C=O) groups is 1. The van der Waals surface area contributed by atoms with Crippen molar-refractivity contribution in [1.29, 1.82) is 0 Å². The number of rotatable bonds is 1. The lowest BCUT2D eigenvalue weighted by Gasteiger charge is -2.01. The predicted molar refractivity (Wildman–Crippen MR) is 64.1 cm³/mol. The second-order valence-electron chi connectivity index (χ2n) is 3.75. The number of esters is 1. The fraction of sp³-hybridized carbons (Fsp3) is 0.250. The van der Waals surface area contributed by atoms with Crippen LogP contribution in [0.4, 0.5) is 0 Å². The third kappa shape index (κ3) is 1.57. The van der Waals surface area contributed by atoms with Gasteiger partial charge < -0.3 is 9.72 Å². The summed E-state index contributed by atoms with van der Waals surface area (Å²) in [5, 5.41) is 1.50. The molecule has 1 heterocycles. The molecular weight excluding hydrogens is 226 g/mol.